The lowest BCUT2D eigenvalue weighted by molar-refractivity contribution is 0.267. The predicted octanol–water partition coefficient (Wildman–Crippen LogP) is -0.856. The van der Waals surface area contributed by atoms with Crippen LogP contribution in [-0.2, 0) is 0 Å². The lowest BCUT2D eigenvalue weighted by Gasteiger charge is -1.94. The molecule has 0 rings (SSSR count). The van der Waals surface area contributed by atoms with E-state index in [0.717, 1.165) is 0 Å². The molecule has 0 fully saturated rings. The molecular formula is C4H15ClN2O2. The van der Waals surface area contributed by atoms with Crippen LogP contribution in [0.4, 0.5) is 0 Å². The molecule has 6 N–H and O–H groups in total. The monoisotopic (exact) mass is 158 g/mol. The topological polar surface area (TPSA) is 87.5 Å². The molecule has 0 saturated carbocycles. The van der Waals surface area contributed by atoms with Gasteiger partial charge in [-0.25, -0.2) is 0 Å². The molecule has 9 heavy (non-hydrogen) atoms. The van der Waals surface area contributed by atoms with Crippen molar-refractivity contribution in [3.05, 3.63) is 0 Å². The Morgan fingerprint density at radius 2 is 1.33 bits per heavy atom. The van der Waals surface area contributed by atoms with Crippen molar-refractivity contribution in [1.82, 2.24) is 11.5 Å². The molecule has 0 radical (unpaired) electrons. The standard InChI is InChI=1S/C4H11NO2.ClH.H3N/c6-3-1-5-2-4-7;;/h5-7H,1-4H2;1H;1H3. The molecular weight excluding hydrogens is 144 g/mol. The van der Waals surface area contributed by atoms with E-state index in [1.807, 2.05) is 0 Å². The van der Waals surface area contributed by atoms with Crippen molar-refractivity contribution in [3.8, 4) is 0 Å². The van der Waals surface area contributed by atoms with Gasteiger partial charge in [-0.1, -0.05) is 0 Å². The normalized spacial score (nSPS) is 7.33. The first-order valence-corrected chi connectivity index (χ1v) is 2.34. The van der Waals surface area contributed by atoms with Crippen LogP contribution in [0.1, 0.15) is 0 Å². The molecule has 0 amide bonds. The van der Waals surface area contributed by atoms with Gasteiger partial charge in [0.25, 0.3) is 0 Å². The maximum Gasteiger partial charge on any atom is 0.0555 e. The van der Waals surface area contributed by atoms with Crippen LogP contribution in [0.15, 0.2) is 0 Å². The van der Waals surface area contributed by atoms with Crippen LogP contribution in [0.2, 0.25) is 0 Å². The molecule has 0 aromatic heterocycles. The van der Waals surface area contributed by atoms with E-state index in [1.165, 1.54) is 0 Å². The van der Waals surface area contributed by atoms with Gasteiger partial charge in [-0.3, -0.25) is 0 Å². The molecule has 0 aromatic rings. The zero-order valence-electron chi connectivity index (χ0n) is 5.34. The Morgan fingerprint density at radius 1 is 1.00 bits per heavy atom. The van der Waals surface area contributed by atoms with Gasteiger partial charge in [0.05, 0.1) is 13.2 Å². The van der Waals surface area contributed by atoms with E-state index < -0.39 is 0 Å². The first-order valence-electron chi connectivity index (χ1n) is 2.34. The number of aliphatic hydroxyl groups excluding tert-OH is 2. The van der Waals surface area contributed by atoms with E-state index in [4.69, 9.17) is 10.2 Å². The lowest BCUT2D eigenvalue weighted by Crippen LogP contribution is -2.21. The van der Waals surface area contributed by atoms with Gasteiger partial charge in [-0.05, 0) is 0 Å². The Kier molecular flexibility index (Phi) is 28.0. The molecule has 0 saturated heterocycles. The molecule has 0 heterocycles. The largest absolute Gasteiger partial charge is 0.395 e. The average molecular weight is 159 g/mol. The van der Waals surface area contributed by atoms with Gasteiger partial charge in [-0.2, -0.15) is 0 Å². The van der Waals surface area contributed by atoms with E-state index in [2.05, 4.69) is 5.32 Å². The molecule has 0 aromatic carbocycles. The maximum atomic E-state index is 8.15. The molecule has 0 bridgehead atoms. The molecule has 0 aliphatic heterocycles. The second kappa shape index (κ2) is 15.7. The summed E-state index contributed by atoms with van der Waals surface area (Å²) in [7, 11) is 0. The van der Waals surface area contributed by atoms with E-state index in [-0.39, 0.29) is 31.8 Å². The SMILES string of the molecule is Cl.N.OCCNCCO. The quantitative estimate of drug-likeness (QED) is 0.401. The van der Waals surface area contributed by atoms with Crippen molar-refractivity contribution in [3.63, 3.8) is 0 Å². The van der Waals surface area contributed by atoms with Crippen LogP contribution in [0.25, 0.3) is 0 Å². The van der Waals surface area contributed by atoms with Crippen molar-refractivity contribution in [2.24, 2.45) is 0 Å². The second-order valence-corrected chi connectivity index (χ2v) is 1.20. The van der Waals surface area contributed by atoms with Crippen LogP contribution in [-0.4, -0.2) is 36.5 Å². The number of rotatable bonds is 4. The van der Waals surface area contributed by atoms with Crippen LogP contribution >= 0.6 is 12.4 Å². The van der Waals surface area contributed by atoms with Gasteiger partial charge in [0.2, 0.25) is 0 Å². The van der Waals surface area contributed by atoms with Crippen LogP contribution in [0.3, 0.4) is 0 Å². The van der Waals surface area contributed by atoms with Gasteiger partial charge in [-0.15, -0.1) is 12.4 Å². The summed E-state index contributed by atoms with van der Waals surface area (Å²) in [5.74, 6) is 0. The van der Waals surface area contributed by atoms with Gasteiger partial charge in [0.15, 0.2) is 0 Å². The third-order valence-electron chi connectivity index (χ3n) is 0.577. The number of hydrogen-bond acceptors (Lipinski definition) is 4. The van der Waals surface area contributed by atoms with Crippen LogP contribution in [0, 0.1) is 0 Å². The minimum Gasteiger partial charge on any atom is -0.395 e. The van der Waals surface area contributed by atoms with E-state index >= 15 is 0 Å². The average Bonchev–Trinajstić information content (AvgIpc) is 1.69. The molecule has 0 aliphatic rings. The zero-order chi connectivity index (χ0) is 5.54. The first kappa shape index (κ1) is 16.1. The zero-order valence-corrected chi connectivity index (χ0v) is 6.15. The Balaban J connectivity index is -0.000000180. The van der Waals surface area contributed by atoms with Crippen molar-refractivity contribution in [1.29, 1.82) is 0 Å². The third kappa shape index (κ3) is 17.9. The summed E-state index contributed by atoms with van der Waals surface area (Å²) in [5.41, 5.74) is 0. The summed E-state index contributed by atoms with van der Waals surface area (Å²) in [5, 5.41) is 19.1. The lowest BCUT2D eigenvalue weighted by atomic mass is 10.6. The van der Waals surface area contributed by atoms with Crippen LogP contribution in [0.5, 0.6) is 0 Å². The highest BCUT2D eigenvalue weighted by molar-refractivity contribution is 5.85. The minimum atomic E-state index is 0. The summed E-state index contributed by atoms with van der Waals surface area (Å²) >= 11 is 0. The highest BCUT2D eigenvalue weighted by Gasteiger charge is 1.78. The van der Waals surface area contributed by atoms with Crippen molar-refractivity contribution in [2.75, 3.05) is 26.3 Å². The Labute approximate surface area is 61.3 Å². The molecule has 60 valence electrons. The van der Waals surface area contributed by atoms with Gasteiger partial charge in [0.1, 0.15) is 0 Å². The second-order valence-electron chi connectivity index (χ2n) is 1.20. The van der Waals surface area contributed by atoms with Crippen molar-refractivity contribution in [2.45, 2.75) is 0 Å². The predicted molar refractivity (Wildman–Crippen MR) is 39.3 cm³/mol. The maximum absolute atomic E-state index is 8.15. The highest BCUT2D eigenvalue weighted by Crippen LogP contribution is 1.54. The molecule has 5 heteroatoms. The Morgan fingerprint density at radius 3 is 1.56 bits per heavy atom. The molecule has 0 atom stereocenters. The van der Waals surface area contributed by atoms with E-state index in [9.17, 15) is 0 Å². The Bertz CT molecular complexity index is 35.7. The van der Waals surface area contributed by atoms with Crippen molar-refractivity contribution < 1.29 is 10.2 Å². The smallest absolute Gasteiger partial charge is 0.0555 e. The van der Waals surface area contributed by atoms with Crippen molar-refractivity contribution >= 4 is 12.4 Å². The number of aliphatic hydroxyl groups is 2. The number of nitrogens with one attached hydrogen (secondary N) is 1. The molecule has 4 nitrogen and oxygen atoms in total. The molecule has 0 unspecified atom stereocenters. The fourth-order valence-electron chi connectivity index (χ4n) is 0.283. The van der Waals surface area contributed by atoms with Gasteiger partial charge >= 0.3 is 0 Å². The molecule has 0 aliphatic carbocycles. The van der Waals surface area contributed by atoms with E-state index in [0.29, 0.717) is 13.1 Å². The fraction of sp³-hybridized carbons (Fsp3) is 1.00. The molecule has 0 spiro atoms. The summed E-state index contributed by atoms with van der Waals surface area (Å²) in [4.78, 5) is 0. The summed E-state index contributed by atoms with van der Waals surface area (Å²) in [6.45, 7) is 1.42. The third-order valence-corrected chi connectivity index (χ3v) is 0.577. The summed E-state index contributed by atoms with van der Waals surface area (Å²) in [6.07, 6.45) is 0. The fourth-order valence-corrected chi connectivity index (χ4v) is 0.283. The van der Waals surface area contributed by atoms with E-state index in [1.54, 1.807) is 0 Å². The van der Waals surface area contributed by atoms with Gasteiger partial charge in [0, 0.05) is 13.1 Å². The number of hydrogen-bond donors (Lipinski definition) is 4. The van der Waals surface area contributed by atoms with Gasteiger partial charge < -0.3 is 21.7 Å². The minimum absolute atomic E-state index is 0. The summed E-state index contributed by atoms with van der Waals surface area (Å²) in [6, 6.07) is 0. The first-order chi connectivity index (χ1) is 3.41. The highest BCUT2D eigenvalue weighted by atomic mass is 35.5. The summed E-state index contributed by atoms with van der Waals surface area (Å²) < 4.78 is 0. The number of halogens is 1. The Hall–Kier alpha value is 0.130. The van der Waals surface area contributed by atoms with Crippen LogP contribution < -0.4 is 11.5 Å².